The van der Waals surface area contributed by atoms with Crippen molar-refractivity contribution in [1.82, 2.24) is 4.98 Å². The number of hydrogen-bond donors (Lipinski definition) is 0. The van der Waals surface area contributed by atoms with Crippen LogP contribution in [0, 0.1) is 0 Å². The second kappa shape index (κ2) is 2.59. The van der Waals surface area contributed by atoms with E-state index >= 15 is 0 Å². The molecule has 0 radical (unpaired) electrons. The first kappa shape index (κ1) is 7.28. The molecule has 0 fully saturated rings. The van der Waals surface area contributed by atoms with Gasteiger partial charge in [-0.3, -0.25) is 9.78 Å². The summed E-state index contributed by atoms with van der Waals surface area (Å²) in [6.45, 7) is 1.55. The van der Waals surface area contributed by atoms with Crippen LogP contribution in [-0.4, -0.2) is 16.9 Å². The standard InChI is InChI=1S/C9H9NO2/c1-6(11)8-4-7-2-3-10-5-9(7)12-8/h2-3,5,8H,4H2,1H3. The van der Waals surface area contributed by atoms with Crippen molar-refractivity contribution in [2.45, 2.75) is 19.4 Å². The quantitative estimate of drug-likeness (QED) is 0.619. The van der Waals surface area contributed by atoms with E-state index in [1.54, 1.807) is 19.3 Å². The smallest absolute Gasteiger partial charge is 0.170 e. The Labute approximate surface area is 70.4 Å². The molecule has 1 aliphatic rings. The minimum atomic E-state index is -0.288. The van der Waals surface area contributed by atoms with E-state index in [0.29, 0.717) is 6.42 Å². The maximum absolute atomic E-state index is 11.0. The number of Topliss-reactive ketones (excluding diaryl/α,β-unsaturated/α-hetero) is 1. The summed E-state index contributed by atoms with van der Waals surface area (Å²) in [6.07, 6.45) is 3.76. The van der Waals surface area contributed by atoms with Crippen LogP contribution in [0.25, 0.3) is 0 Å². The van der Waals surface area contributed by atoms with Crippen LogP contribution >= 0.6 is 0 Å². The molecule has 1 aromatic heterocycles. The van der Waals surface area contributed by atoms with Gasteiger partial charge < -0.3 is 4.74 Å². The maximum Gasteiger partial charge on any atom is 0.170 e. The van der Waals surface area contributed by atoms with E-state index in [9.17, 15) is 4.79 Å². The summed E-state index contributed by atoms with van der Waals surface area (Å²) < 4.78 is 5.36. The molecule has 0 spiro atoms. The highest BCUT2D eigenvalue weighted by molar-refractivity contribution is 5.82. The summed E-state index contributed by atoms with van der Waals surface area (Å²) in [5.41, 5.74) is 1.07. The van der Waals surface area contributed by atoms with Crippen molar-refractivity contribution in [3.8, 4) is 5.75 Å². The van der Waals surface area contributed by atoms with E-state index in [4.69, 9.17) is 4.74 Å². The molecular weight excluding hydrogens is 154 g/mol. The Morgan fingerprint density at radius 1 is 1.75 bits per heavy atom. The van der Waals surface area contributed by atoms with Gasteiger partial charge in [-0.1, -0.05) is 0 Å². The number of ether oxygens (including phenoxy) is 1. The van der Waals surface area contributed by atoms with Gasteiger partial charge in [-0.25, -0.2) is 0 Å². The highest BCUT2D eigenvalue weighted by Crippen LogP contribution is 2.27. The van der Waals surface area contributed by atoms with E-state index < -0.39 is 0 Å². The average Bonchev–Trinajstić information content (AvgIpc) is 2.46. The van der Waals surface area contributed by atoms with Crippen LogP contribution in [0.3, 0.4) is 0 Å². The molecule has 0 saturated heterocycles. The predicted molar refractivity (Wildman–Crippen MR) is 43.0 cm³/mol. The Hall–Kier alpha value is -1.38. The number of fused-ring (bicyclic) bond motifs is 1. The van der Waals surface area contributed by atoms with Crippen molar-refractivity contribution in [3.63, 3.8) is 0 Å². The lowest BCUT2D eigenvalue weighted by molar-refractivity contribution is -0.122. The molecule has 0 aliphatic carbocycles. The zero-order chi connectivity index (χ0) is 8.55. The van der Waals surface area contributed by atoms with Crippen LogP contribution < -0.4 is 4.74 Å². The van der Waals surface area contributed by atoms with Gasteiger partial charge in [0.25, 0.3) is 0 Å². The number of hydrogen-bond acceptors (Lipinski definition) is 3. The minimum absolute atomic E-state index is 0.0752. The average molecular weight is 163 g/mol. The Balaban J connectivity index is 2.27. The number of rotatable bonds is 1. The molecule has 12 heavy (non-hydrogen) atoms. The van der Waals surface area contributed by atoms with Crippen molar-refractivity contribution in [2.24, 2.45) is 0 Å². The van der Waals surface area contributed by atoms with Crippen molar-refractivity contribution in [2.75, 3.05) is 0 Å². The lowest BCUT2D eigenvalue weighted by Crippen LogP contribution is -2.21. The summed E-state index contributed by atoms with van der Waals surface area (Å²) in [4.78, 5) is 14.9. The lowest BCUT2D eigenvalue weighted by atomic mass is 10.1. The van der Waals surface area contributed by atoms with E-state index in [1.807, 2.05) is 6.07 Å². The molecule has 2 rings (SSSR count). The molecule has 2 heterocycles. The van der Waals surface area contributed by atoms with Crippen LogP contribution in [0.4, 0.5) is 0 Å². The molecule has 3 heteroatoms. The first-order valence-electron chi connectivity index (χ1n) is 3.87. The second-order valence-electron chi connectivity index (χ2n) is 2.90. The molecular formula is C9H9NO2. The van der Waals surface area contributed by atoms with Crippen LogP contribution in [0.5, 0.6) is 5.75 Å². The first-order valence-corrected chi connectivity index (χ1v) is 3.87. The summed E-state index contributed by atoms with van der Waals surface area (Å²) in [5.74, 6) is 0.823. The number of carbonyl (C=O) groups excluding carboxylic acids is 1. The fraction of sp³-hybridized carbons (Fsp3) is 0.333. The fourth-order valence-corrected chi connectivity index (χ4v) is 1.30. The van der Waals surface area contributed by atoms with Crippen LogP contribution in [0.1, 0.15) is 12.5 Å². The highest BCUT2D eigenvalue weighted by Gasteiger charge is 2.25. The van der Waals surface area contributed by atoms with Gasteiger partial charge in [-0.05, 0) is 13.0 Å². The fourth-order valence-electron chi connectivity index (χ4n) is 1.30. The number of carbonyl (C=O) groups is 1. The van der Waals surface area contributed by atoms with Crippen LogP contribution in [0.15, 0.2) is 18.5 Å². The SMILES string of the molecule is CC(=O)C1Cc2ccncc2O1. The summed E-state index contributed by atoms with van der Waals surface area (Å²) >= 11 is 0. The molecule has 62 valence electrons. The Morgan fingerprint density at radius 2 is 2.58 bits per heavy atom. The molecule has 0 N–H and O–H groups in total. The third kappa shape index (κ3) is 1.07. The topological polar surface area (TPSA) is 39.2 Å². The van der Waals surface area contributed by atoms with Crippen molar-refractivity contribution in [1.29, 1.82) is 0 Å². The normalized spacial score (nSPS) is 19.9. The molecule has 3 nitrogen and oxygen atoms in total. The van der Waals surface area contributed by atoms with Crippen molar-refractivity contribution >= 4 is 5.78 Å². The molecule has 1 unspecified atom stereocenters. The van der Waals surface area contributed by atoms with E-state index in [0.717, 1.165) is 11.3 Å². The van der Waals surface area contributed by atoms with E-state index in [1.165, 1.54) is 0 Å². The summed E-state index contributed by atoms with van der Waals surface area (Å²) in [6, 6.07) is 1.89. The molecule has 1 aliphatic heterocycles. The van der Waals surface area contributed by atoms with Gasteiger partial charge in [0.2, 0.25) is 0 Å². The Bertz CT molecular complexity index is 297. The minimum Gasteiger partial charge on any atom is -0.480 e. The van der Waals surface area contributed by atoms with Gasteiger partial charge in [0.05, 0.1) is 6.20 Å². The molecule has 0 aromatic carbocycles. The van der Waals surface area contributed by atoms with Gasteiger partial charge in [0.1, 0.15) is 5.75 Å². The van der Waals surface area contributed by atoms with E-state index in [2.05, 4.69) is 4.98 Å². The third-order valence-corrected chi connectivity index (χ3v) is 2.00. The number of nitrogens with zero attached hydrogens (tertiary/aromatic N) is 1. The Kier molecular flexibility index (Phi) is 1.57. The second-order valence-corrected chi connectivity index (χ2v) is 2.90. The Morgan fingerprint density at radius 3 is 3.25 bits per heavy atom. The third-order valence-electron chi connectivity index (χ3n) is 2.00. The number of aromatic nitrogens is 1. The largest absolute Gasteiger partial charge is 0.480 e. The predicted octanol–water partition coefficient (Wildman–Crippen LogP) is 0.974. The van der Waals surface area contributed by atoms with E-state index in [-0.39, 0.29) is 11.9 Å². The van der Waals surface area contributed by atoms with Gasteiger partial charge >= 0.3 is 0 Å². The molecule has 0 bridgehead atoms. The first-order chi connectivity index (χ1) is 5.77. The monoisotopic (exact) mass is 163 g/mol. The van der Waals surface area contributed by atoms with Gasteiger partial charge in [0, 0.05) is 18.2 Å². The lowest BCUT2D eigenvalue weighted by Gasteiger charge is -2.04. The van der Waals surface area contributed by atoms with Crippen LogP contribution in [0.2, 0.25) is 0 Å². The highest BCUT2D eigenvalue weighted by atomic mass is 16.5. The molecule has 0 amide bonds. The van der Waals surface area contributed by atoms with Gasteiger partial charge in [0.15, 0.2) is 11.9 Å². The van der Waals surface area contributed by atoms with Gasteiger partial charge in [-0.15, -0.1) is 0 Å². The van der Waals surface area contributed by atoms with Crippen molar-refractivity contribution < 1.29 is 9.53 Å². The summed E-state index contributed by atoms with van der Waals surface area (Å²) in [7, 11) is 0. The molecule has 1 aromatic rings. The van der Waals surface area contributed by atoms with Gasteiger partial charge in [-0.2, -0.15) is 0 Å². The number of pyridine rings is 1. The zero-order valence-corrected chi connectivity index (χ0v) is 6.78. The molecule has 0 saturated carbocycles. The summed E-state index contributed by atoms with van der Waals surface area (Å²) in [5, 5.41) is 0. The zero-order valence-electron chi connectivity index (χ0n) is 6.78. The molecule has 1 atom stereocenters. The maximum atomic E-state index is 11.0. The number of ketones is 1. The van der Waals surface area contributed by atoms with Crippen LogP contribution in [-0.2, 0) is 11.2 Å². The van der Waals surface area contributed by atoms with Crippen molar-refractivity contribution in [3.05, 3.63) is 24.0 Å².